The first kappa shape index (κ1) is 9.49. The Kier molecular flexibility index (Phi) is 3.74. The zero-order valence-electron chi connectivity index (χ0n) is 6.86. The van der Waals surface area contributed by atoms with Crippen LogP contribution in [0.1, 0.15) is 0 Å². The van der Waals surface area contributed by atoms with E-state index in [2.05, 4.69) is 5.32 Å². The first-order chi connectivity index (χ1) is 6.33. The summed E-state index contributed by atoms with van der Waals surface area (Å²) in [5.41, 5.74) is 0.852. The Bertz CT molecular complexity index is 318. The molecule has 1 aromatic rings. The van der Waals surface area contributed by atoms with Crippen LogP contribution in [0.2, 0.25) is 0 Å². The molecule has 1 rings (SSSR count). The number of hydrogen-bond donors (Lipinski definition) is 1. The van der Waals surface area contributed by atoms with Crippen LogP contribution < -0.4 is 5.32 Å². The molecule has 0 unspecified atom stereocenters. The minimum absolute atomic E-state index is 0.0291. The van der Waals surface area contributed by atoms with Gasteiger partial charge in [0.25, 0.3) is 5.17 Å². The van der Waals surface area contributed by atoms with Gasteiger partial charge in [-0.15, -0.1) is 0 Å². The highest BCUT2D eigenvalue weighted by Gasteiger charge is 1.95. The van der Waals surface area contributed by atoms with Crippen molar-refractivity contribution in [3.8, 4) is 6.07 Å². The first-order valence-electron chi connectivity index (χ1n) is 3.68. The molecule has 3 nitrogen and oxygen atoms in total. The molecule has 0 fully saturated rings. The van der Waals surface area contributed by atoms with E-state index in [-0.39, 0.29) is 11.8 Å². The summed E-state index contributed by atoms with van der Waals surface area (Å²) in [7, 11) is 0. The van der Waals surface area contributed by atoms with Gasteiger partial charge in [-0.05, 0) is 24.4 Å². The van der Waals surface area contributed by atoms with E-state index in [0.29, 0.717) is 0 Å². The van der Waals surface area contributed by atoms with Gasteiger partial charge in [-0.25, -0.2) is 0 Å². The number of hydrogen-bond acceptors (Lipinski definition) is 3. The van der Waals surface area contributed by atoms with E-state index in [1.54, 1.807) is 0 Å². The lowest BCUT2D eigenvalue weighted by molar-refractivity contribution is 0.364. The molecule has 1 aromatic carbocycles. The van der Waals surface area contributed by atoms with Gasteiger partial charge in [0.15, 0.2) is 6.61 Å². The molecule has 0 aromatic heterocycles. The fraction of sp³-hybridized carbons (Fsp3) is 0.111. The number of para-hydroxylation sites is 1. The van der Waals surface area contributed by atoms with Gasteiger partial charge in [0.05, 0.1) is 0 Å². The number of nitrogens with zero attached hydrogens (tertiary/aromatic N) is 1. The predicted molar refractivity (Wildman–Crippen MR) is 54.2 cm³/mol. The first-order valence-corrected chi connectivity index (χ1v) is 4.09. The van der Waals surface area contributed by atoms with Gasteiger partial charge in [0.1, 0.15) is 6.07 Å². The molecule has 13 heavy (non-hydrogen) atoms. The van der Waals surface area contributed by atoms with E-state index in [9.17, 15) is 0 Å². The lowest BCUT2D eigenvalue weighted by Crippen LogP contribution is -2.13. The molecule has 0 amide bonds. The molecular formula is C9H8N2OS. The molecule has 0 spiro atoms. The fourth-order valence-electron chi connectivity index (χ4n) is 0.773. The topological polar surface area (TPSA) is 45.0 Å². The van der Waals surface area contributed by atoms with Crippen LogP contribution in [0, 0.1) is 11.3 Å². The third kappa shape index (κ3) is 3.54. The van der Waals surface area contributed by atoms with Crippen molar-refractivity contribution in [1.82, 2.24) is 0 Å². The highest BCUT2D eigenvalue weighted by Crippen LogP contribution is 2.04. The summed E-state index contributed by atoms with van der Waals surface area (Å²) in [5, 5.41) is 11.3. The monoisotopic (exact) mass is 192 g/mol. The summed E-state index contributed by atoms with van der Waals surface area (Å²) in [6, 6.07) is 11.2. The minimum Gasteiger partial charge on any atom is -0.455 e. The van der Waals surface area contributed by atoms with E-state index in [0.717, 1.165) is 5.69 Å². The van der Waals surface area contributed by atoms with Crippen molar-refractivity contribution < 1.29 is 4.74 Å². The lowest BCUT2D eigenvalue weighted by Gasteiger charge is -2.05. The molecule has 0 aliphatic carbocycles. The third-order valence-electron chi connectivity index (χ3n) is 1.29. The van der Waals surface area contributed by atoms with Gasteiger partial charge in [-0.3, -0.25) is 0 Å². The summed E-state index contributed by atoms with van der Waals surface area (Å²) in [6.45, 7) is -0.0291. The van der Waals surface area contributed by atoms with Crippen molar-refractivity contribution in [3.63, 3.8) is 0 Å². The van der Waals surface area contributed by atoms with Crippen LogP contribution in [0.25, 0.3) is 0 Å². The summed E-state index contributed by atoms with van der Waals surface area (Å²) in [6.07, 6.45) is 0. The molecular weight excluding hydrogens is 184 g/mol. The van der Waals surface area contributed by atoms with Crippen LogP contribution in [-0.2, 0) is 4.74 Å². The summed E-state index contributed by atoms with van der Waals surface area (Å²) >= 11 is 4.82. The normalized spacial score (nSPS) is 8.54. The van der Waals surface area contributed by atoms with Gasteiger partial charge in [0.2, 0.25) is 0 Å². The molecule has 4 heteroatoms. The maximum Gasteiger partial charge on any atom is 0.262 e. The van der Waals surface area contributed by atoms with E-state index in [4.69, 9.17) is 22.2 Å². The SMILES string of the molecule is N#CCOC(=S)Nc1ccccc1. The number of benzene rings is 1. The van der Waals surface area contributed by atoms with E-state index < -0.39 is 0 Å². The van der Waals surface area contributed by atoms with Crippen molar-refractivity contribution in [2.45, 2.75) is 0 Å². The van der Waals surface area contributed by atoms with Crippen LogP contribution in [0.5, 0.6) is 0 Å². The number of thiocarbonyl (C=S) groups is 1. The molecule has 0 saturated carbocycles. The third-order valence-corrected chi connectivity index (χ3v) is 1.51. The number of nitrogens with one attached hydrogen (secondary N) is 1. The van der Waals surface area contributed by atoms with Crippen LogP contribution in [0.4, 0.5) is 5.69 Å². The van der Waals surface area contributed by atoms with Gasteiger partial charge < -0.3 is 10.1 Å². The second-order valence-corrected chi connectivity index (χ2v) is 2.60. The Balaban J connectivity index is 2.42. The molecule has 0 saturated heterocycles. The fourth-order valence-corrected chi connectivity index (χ4v) is 0.950. The van der Waals surface area contributed by atoms with Gasteiger partial charge >= 0.3 is 0 Å². The minimum atomic E-state index is -0.0291. The Morgan fingerprint density at radius 3 is 2.77 bits per heavy atom. The average molecular weight is 192 g/mol. The van der Waals surface area contributed by atoms with Crippen molar-refractivity contribution >= 4 is 23.1 Å². The number of nitriles is 1. The second kappa shape index (κ2) is 5.12. The van der Waals surface area contributed by atoms with E-state index in [1.165, 1.54) is 0 Å². The zero-order valence-corrected chi connectivity index (χ0v) is 7.67. The molecule has 0 aliphatic rings. The summed E-state index contributed by atoms with van der Waals surface area (Å²) in [5.74, 6) is 0. The average Bonchev–Trinajstić information content (AvgIpc) is 2.16. The number of ether oxygens (including phenoxy) is 1. The molecule has 1 N–H and O–H groups in total. The molecule has 0 bridgehead atoms. The number of rotatable bonds is 2. The largest absolute Gasteiger partial charge is 0.455 e. The molecule has 0 radical (unpaired) electrons. The van der Waals surface area contributed by atoms with E-state index in [1.807, 2.05) is 36.4 Å². The van der Waals surface area contributed by atoms with Crippen molar-refractivity contribution in [2.24, 2.45) is 0 Å². The van der Waals surface area contributed by atoms with E-state index >= 15 is 0 Å². The summed E-state index contributed by atoms with van der Waals surface area (Å²) < 4.78 is 4.85. The Hall–Kier alpha value is -1.60. The standard InChI is InChI=1S/C9H8N2OS/c10-6-7-12-9(13)11-8-4-2-1-3-5-8/h1-5H,7H2,(H,11,13). The lowest BCUT2D eigenvalue weighted by atomic mass is 10.3. The van der Waals surface area contributed by atoms with Gasteiger partial charge in [-0.1, -0.05) is 18.2 Å². The maximum absolute atomic E-state index is 8.22. The highest BCUT2D eigenvalue weighted by atomic mass is 32.1. The van der Waals surface area contributed by atoms with Crippen LogP contribution in [0.15, 0.2) is 30.3 Å². The number of anilines is 1. The van der Waals surface area contributed by atoms with Gasteiger partial charge in [0, 0.05) is 5.69 Å². The Morgan fingerprint density at radius 2 is 2.15 bits per heavy atom. The molecule has 0 atom stereocenters. The second-order valence-electron chi connectivity index (χ2n) is 2.23. The summed E-state index contributed by atoms with van der Waals surface area (Å²) in [4.78, 5) is 0. The van der Waals surface area contributed by atoms with Crippen LogP contribution in [0.3, 0.4) is 0 Å². The molecule has 66 valence electrons. The van der Waals surface area contributed by atoms with Crippen molar-refractivity contribution in [2.75, 3.05) is 11.9 Å². The maximum atomic E-state index is 8.22. The Labute approximate surface area is 81.9 Å². The molecule has 0 heterocycles. The zero-order chi connectivity index (χ0) is 9.52. The highest BCUT2D eigenvalue weighted by molar-refractivity contribution is 7.80. The van der Waals surface area contributed by atoms with Crippen molar-refractivity contribution in [3.05, 3.63) is 30.3 Å². The Morgan fingerprint density at radius 1 is 1.46 bits per heavy atom. The van der Waals surface area contributed by atoms with Crippen LogP contribution >= 0.6 is 12.2 Å². The van der Waals surface area contributed by atoms with Gasteiger partial charge in [-0.2, -0.15) is 5.26 Å². The van der Waals surface area contributed by atoms with Crippen molar-refractivity contribution in [1.29, 1.82) is 5.26 Å². The quantitative estimate of drug-likeness (QED) is 0.727. The smallest absolute Gasteiger partial charge is 0.262 e. The predicted octanol–water partition coefficient (Wildman–Crippen LogP) is 1.92. The van der Waals surface area contributed by atoms with Crippen LogP contribution in [-0.4, -0.2) is 11.8 Å². The molecule has 0 aliphatic heterocycles.